The van der Waals surface area contributed by atoms with Crippen LogP contribution in [-0.2, 0) is 25.8 Å². The summed E-state index contributed by atoms with van der Waals surface area (Å²) in [6.45, 7) is 0. The van der Waals surface area contributed by atoms with Gasteiger partial charge >= 0.3 is 25.8 Å². The molecule has 0 saturated heterocycles. The zero-order chi connectivity index (χ0) is 19.9. The van der Waals surface area contributed by atoms with Gasteiger partial charge in [0.25, 0.3) is 0 Å². The quantitative estimate of drug-likeness (QED) is 0.356. The van der Waals surface area contributed by atoms with E-state index in [1.807, 2.05) is 79.0 Å². The molecule has 2 aliphatic heterocycles. The summed E-state index contributed by atoms with van der Waals surface area (Å²) in [6.07, 6.45) is 9.90. The molecule has 6 heterocycles. The van der Waals surface area contributed by atoms with E-state index in [2.05, 4.69) is 27.1 Å². The molecule has 0 aromatic carbocycles. The number of halogens is 1. The Morgan fingerprint density at radius 1 is 0.594 bits per heavy atom. The van der Waals surface area contributed by atoms with Crippen molar-refractivity contribution in [3.8, 4) is 11.3 Å². The van der Waals surface area contributed by atoms with Gasteiger partial charge in [0.1, 0.15) is 0 Å². The van der Waals surface area contributed by atoms with Crippen LogP contribution in [0.3, 0.4) is 0 Å². The number of pyridine rings is 1. The van der Waals surface area contributed by atoms with Gasteiger partial charge in [0.15, 0.2) is 0 Å². The Balaban J connectivity index is 0.00000122. The fourth-order valence-corrected chi connectivity index (χ4v) is 3.75. The monoisotopic (exact) mass is 511 g/mol. The van der Waals surface area contributed by atoms with Gasteiger partial charge in [-0.2, -0.15) is 0 Å². The van der Waals surface area contributed by atoms with Crippen molar-refractivity contribution in [2.24, 2.45) is 0 Å². The van der Waals surface area contributed by atoms with Crippen molar-refractivity contribution in [2.75, 3.05) is 0 Å². The predicted molar refractivity (Wildman–Crippen MR) is 122 cm³/mol. The number of nitrogens with zero attached hydrogens (tertiary/aromatic N) is 3. The molecule has 0 radical (unpaired) electrons. The predicted octanol–water partition coefficient (Wildman–Crippen LogP) is 2.72. The fraction of sp³-hybridized carbons (Fsp3) is 0. The van der Waals surface area contributed by atoms with E-state index in [9.17, 15) is 0 Å². The molecule has 2 aliphatic rings. The third-order valence-corrected chi connectivity index (χ3v) is 5.11. The van der Waals surface area contributed by atoms with Crippen molar-refractivity contribution >= 4 is 46.4 Å². The number of H-pyrrole nitrogens is 2. The Morgan fingerprint density at radius 3 is 1.78 bits per heavy atom. The van der Waals surface area contributed by atoms with E-state index in [1.54, 1.807) is 0 Å². The normalized spacial score (nSPS) is 11.6. The molecule has 152 valence electrons. The average molecular weight is 512 g/mol. The van der Waals surface area contributed by atoms with Crippen LogP contribution < -0.4 is 17.0 Å². The largest absolute Gasteiger partial charge is 1.00 e. The van der Waals surface area contributed by atoms with Crippen molar-refractivity contribution in [3.05, 3.63) is 89.6 Å². The van der Waals surface area contributed by atoms with Gasteiger partial charge in [0.05, 0.1) is 34.0 Å². The van der Waals surface area contributed by atoms with Gasteiger partial charge in [-0.15, -0.1) is 0 Å². The molecule has 8 bridgehead atoms. The van der Waals surface area contributed by atoms with Crippen LogP contribution in [0.15, 0.2) is 66.9 Å². The Labute approximate surface area is 214 Å². The van der Waals surface area contributed by atoms with Crippen LogP contribution >= 0.6 is 0 Å². The van der Waals surface area contributed by atoms with Gasteiger partial charge in [-0.05, 0) is 78.9 Å². The minimum Gasteiger partial charge on any atom is -1.00 e. The molecule has 0 unspecified atom stereocenters. The third-order valence-electron chi connectivity index (χ3n) is 5.11. The molecule has 0 atom stereocenters. The number of aromatic amines is 2. The van der Waals surface area contributed by atoms with Crippen LogP contribution in [-0.4, -0.2) is 24.9 Å². The van der Waals surface area contributed by atoms with Crippen molar-refractivity contribution in [2.45, 2.75) is 0 Å². The van der Waals surface area contributed by atoms with Crippen molar-refractivity contribution in [3.63, 3.8) is 0 Å². The second-order valence-corrected chi connectivity index (χ2v) is 7.30. The number of aromatic nitrogens is 5. The molecule has 6 rings (SSSR count). The molecule has 0 aliphatic carbocycles. The molecule has 7 heteroatoms. The summed E-state index contributed by atoms with van der Waals surface area (Å²) >= 11 is 0. The fourth-order valence-electron chi connectivity index (χ4n) is 3.75. The zero-order valence-electron chi connectivity index (χ0n) is 17.0. The molecular weight excluding hydrogens is 495 g/mol. The minimum atomic E-state index is 0. The molecular formula is C25H17BrN5Sc. The maximum atomic E-state index is 4.75. The average Bonchev–Trinajstić information content (AvgIpc) is 3.53. The molecule has 32 heavy (non-hydrogen) atoms. The van der Waals surface area contributed by atoms with E-state index in [-0.39, 0.29) is 42.8 Å². The van der Waals surface area contributed by atoms with Crippen LogP contribution in [0, 0.1) is 0 Å². The first kappa shape index (κ1) is 22.3. The van der Waals surface area contributed by atoms with E-state index in [0.717, 1.165) is 56.1 Å². The summed E-state index contributed by atoms with van der Waals surface area (Å²) in [4.78, 5) is 20.9. The molecule has 5 nitrogen and oxygen atoms in total. The number of fused-ring (bicyclic) bond motifs is 8. The third kappa shape index (κ3) is 4.49. The number of hydrogen-bond donors (Lipinski definition) is 2. The second-order valence-electron chi connectivity index (χ2n) is 7.30. The summed E-state index contributed by atoms with van der Waals surface area (Å²) in [7, 11) is 0. The molecule has 0 amide bonds. The van der Waals surface area contributed by atoms with Gasteiger partial charge < -0.3 is 26.9 Å². The van der Waals surface area contributed by atoms with E-state index in [1.165, 1.54) is 0 Å². The van der Waals surface area contributed by atoms with Gasteiger partial charge in [0.2, 0.25) is 0 Å². The Bertz CT molecular complexity index is 1500. The van der Waals surface area contributed by atoms with Crippen molar-refractivity contribution in [1.82, 2.24) is 24.9 Å². The molecule has 4 aromatic heterocycles. The standard InChI is InChI=1S/C25H17N5.BrH.Sc/c1-2-10-26-24(3-1)23-14-22-13-20-7-6-18(28-20)11-16-4-5-17(27-16)12-19-8-9-21(29-19)15-25(23)30-22;;/h1-15,27,30H;1H;/q;;+1/p-1. The maximum absolute atomic E-state index is 4.75. The molecule has 4 aromatic rings. The van der Waals surface area contributed by atoms with Crippen LogP contribution in [0.25, 0.3) is 57.6 Å². The first-order valence-electron chi connectivity index (χ1n) is 9.78. The van der Waals surface area contributed by atoms with Crippen LogP contribution in [0.1, 0.15) is 22.8 Å². The number of hydrogen-bond acceptors (Lipinski definition) is 3. The summed E-state index contributed by atoms with van der Waals surface area (Å²) in [5.74, 6) is 0. The van der Waals surface area contributed by atoms with Gasteiger partial charge in [-0.25, -0.2) is 9.97 Å². The molecule has 0 saturated carbocycles. The van der Waals surface area contributed by atoms with Gasteiger partial charge in [-0.3, -0.25) is 4.98 Å². The van der Waals surface area contributed by atoms with Gasteiger partial charge in [0, 0.05) is 28.3 Å². The SMILES string of the molecule is C1=Cc2cc3cc(-c4ccccn4)c(cc4nc(cc5ccc(cc1n2)[nH]5)C=C4)[nH]3.[Br-].[Sc+]. The van der Waals surface area contributed by atoms with E-state index < -0.39 is 0 Å². The second kappa shape index (κ2) is 9.30. The molecule has 0 spiro atoms. The summed E-state index contributed by atoms with van der Waals surface area (Å²) < 4.78 is 0. The van der Waals surface area contributed by atoms with Crippen molar-refractivity contribution < 1.29 is 42.8 Å². The first-order chi connectivity index (χ1) is 14.8. The number of nitrogens with one attached hydrogen (secondary N) is 2. The van der Waals surface area contributed by atoms with E-state index >= 15 is 0 Å². The Kier molecular flexibility index (Phi) is 6.48. The van der Waals surface area contributed by atoms with E-state index in [0.29, 0.717) is 0 Å². The number of rotatable bonds is 1. The van der Waals surface area contributed by atoms with E-state index in [4.69, 9.17) is 9.97 Å². The maximum Gasteiger partial charge on any atom is 1.00 e. The topological polar surface area (TPSA) is 70.2 Å². The van der Waals surface area contributed by atoms with Crippen LogP contribution in [0.2, 0.25) is 0 Å². The van der Waals surface area contributed by atoms with Crippen LogP contribution in [0.5, 0.6) is 0 Å². The summed E-state index contributed by atoms with van der Waals surface area (Å²) in [5.41, 5.74) is 9.53. The molecule has 2 N–H and O–H groups in total. The minimum absolute atomic E-state index is 0. The Hall–Kier alpha value is -2.90. The summed E-state index contributed by atoms with van der Waals surface area (Å²) in [5, 5.41) is 0. The summed E-state index contributed by atoms with van der Waals surface area (Å²) in [6, 6.07) is 20.3. The van der Waals surface area contributed by atoms with Crippen molar-refractivity contribution in [1.29, 1.82) is 0 Å². The first-order valence-corrected chi connectivity index (χ1v) is 9.78. The molecule has 0 fully saturated rings. The Morgan fingerprint density at radius 2 is 1.19 bits per heavy atom. The smallest absolute Gasteiger partial charge is 1.00 e. The van der Waals surface area contributed by atoms with Crippen LogP contribution in [0.4, 0.5) is 0 Å². The van der Waals surface area contributed by atoms with Gasteiger partial charge in [-0.1, -0.05) is 6.07 Å². The zero-order valence-corrected chi connectivity index (χ0v) is 20.3.